The molecule has 3 heteroatoms. The third-order valence-electron chi connectivity index (χ3n) is 1.76. The predicted molar refractivity (Wildman–Crippen MR) is 44.3 cm³/mol. The molecule has 0 saturated heterocycles. The number of hydrogen-bond acceptors (Lipinski definition) is 2. The molecule has 1 aliphatic rings. The molecule has 62 valence electrons. The molecule has 0 saturated carbocycles. The van der Waals surface area contributed by atoms with Gasteiger partial charge in [0.25, 0.3) is 0 Å². The standard InChI is InChI=1S/C8H11ClO2/c1-2-5-3-6(9)4-7(10)8(5)11/h3-4,7-8,10-11H,2H2,1H3/t7-,8+/m0/s1. The summed E-state index contributed by atoms with van der Waals surface area (Å²) in [6.45, 7) is 1.91. The highest BCUT2D eigenvalue weighted by Gasteiger charge is 2.21. The van der Waals surface area contributed by atoms with E-state index in [0.717, 1.165) is 5.57 Å². The summed E-state index contributed by atoms with van der Waals surface area (Å²) < 4.78 is 0. The van der Waals surface area contributed by atoms with Crippen LogP contribution in [0.1, 0.15) is 13.3 Å². The summed E-state index contributed by atoms with van der Waals surface area (Å²) in [6, 6.07) is 0. The molecule has 0 aromatic rings. The van der Waals surface area contributed by atoms with E-state index >= 15 is 0 Å². The second-order valence-corrected chi connectivity index (χ2v) is 3.00. The average Bonchev–Trinajstić information content (AvgIpc) is 1.96. The molecular formula is C8H11ClO2. The molecule has 11 heavy (non-hydrogen) atoms. The van der Waals surface area contributed by atoms with E-state index in [4.69, 9.17) is 11.6 Å². The van der Waals surface area contributed by atoms with Crippen molar-refractivity contribution in [2.75, 3.05) is 0 Å². The van der Waals surface area contributed by atoms with Crippen molar-refractivity contribution >= 4 is 11.6 Å². The van der Waals surface area contributed by atoms with E-state index in [2.05, 4.69) is 0 Å². The van der Waals surface area contributed by atoms with Crippen LogP contribution in [-0.4, -0.2) is 22.4 Å². The van der Waals surface area contributed by atoms with Crippen molar-refractivity contribution in [2.24, 2.45) is 0 Å². The molecule has 0 fully saturated rings. The molecule has 0 unspecified atom stereocenters. The Bertz CT molecular complexity index is 208. The third-order valence-corrected chi connectivity index (χ3v) is 2.00. The van der Waals surface area contributed by atoms with Gasteiger partial charge in [0, 0.05) is 5.03 Å². The zero-order valence-corrected chi connectivity index (χ0v) is 7.04. The van der Waals surface area contributed by atoms with Gasteiger partial charge >= 0.3 is 0 Å². The van der Waals surface area contributed by atoms with Crippen molar-refractivity contribution in [3.63, 3.8) is 0 Å². The van der Waals surface area contributed by atoms with Crippen LogP contribution in [0.3, 0.4) is 0 Å². The first kappa shape index (κ1) is 8.78. The van der Waals surface area contributed by atoms with Gasteiger partial charge in [-0.15, -0.1) is 0 Å². The SMILES string of the molecule is CCC1=CC(Cl)=C[C@H](O)[C@@H]1O. The van der Waals surface area contributed by atoms with Gasteiger partial charge in [-0.25, -0.2) is 0 Å². The molecule has 2 atom stereocenters. The minimum atomic E-state index is -0.845. The van der Waals surface area contributed by atoms with E-state index in [0.29, 0.717) is 11.5 Å². The Balaban J connectivity index is 2.84. The van der Waals surface area contributed by atoms with Crippen LogP contribution < -0.4 is 0 Å². The second-order valence-electron chi connectivity index (χ2n) is 2.56. The van der Waals surface area contributed by atoms with Crippen LogP contribution in [0.2, 0.25) is 0 Å². The molecule has 0 heterocycles. The lowest BCUT2D eigenvalue weighted by Crippen LogP contribution is -2.28. The van der Waals surface area contributed by atoms with Crippen molar-refractivity contribution in [1.82, 2.24) is 0 Å². The fourth-order valence-electron chi connectivity index (χ4n) is 1.10. The highest BCUT2D eigenvalue weighted by molar-refractivity contribution is 6.31. The summed E-state index contributed by atoms with van der Waals surface area (Å²) in [4.78, 5) is 0. The number of hydrogen-bond donors (Lipinski definition) is 2. The van der Waals surface area contributed by atoms with Gasteiger partial charge in [-0.05, 0) is 24.1 Å². The lowest BCUT2D eigenvalue weighted by Gasteiger charge is -2.21. The number of rotatable bonds is 1. The van der Waals surface area contributed by atoms with Crippen LogP contribution in [0.15, 0.2) is 22.8 Å². The molecule has 0 aromatic carbocycles. The number of halogens is 1. The molecule has 2 nitrogen and oxygen atoms in total. The number of allylic oxidation sites excluding steroid dienone is 2. The Morgan fingerprint density at radius 3 is 2.73 bits per heavy atom. The van der Waals surface area contributed by atoms with Gasteiger partial charge < -0.3 is 10.2 Å². The lowest BCUT2D eigenvalue weighted by molar-refractivity contribution is 0.0694. The average molecular weight is 175 g/mol. The maximum absolute atomic E-state index is 9.33. The summed E-state index contributed by atoms with van der Waals surface area (Å²) in [5, 5.41) is 19.0. The van der Waals surface area contributed by atoms with Gasteiger partial charge in [-0.1, -0.05) is 18.5 Å². The van der Waals surface area contributed by atoms with E-state index in [9.17, 15) is 10.2 Å². The first-order valence-corrected chi connectivity index (χ1v) is 3.97. The van der Waals surface area contributed by atoms with Gasteiger partial charge in [-0.2, -0.15) is 0 Å². The van der Waals surface area contributed by atoms with Crippen LogP contribution in [0.4, 0.5) is 0 Å². The van der Waals surface area contributed by atoms with E-state index in [1.165, 1.54) is 6.08 Å². The Hall–Kier alpha value is -0.310. The summed E-state index contributed by atoms with van der Waals surface area (Å²) in [7, 11) is 0. The monoisotopic (exact) mass is 174 g/mol. The third kappa shape index (κ3) is 1.83. The Morgan fingerprint density at radius 2 is 2.18 bits per heavy atom. The van der Waals surface area contributed by atoms with E-state index in [1.54, 1.807) is 6.08 Å². The van der Waals surface area contributed by atoms with Crippen LogP contribution >= 0.6 is 11.6 Å². The lowest BCUT2D eigenvalue weighted by atomic mass is 9.97. The largest absolute Gasteiger partial charge is 0.386 e. The molecule has 1 rings (SSSR count). The fourth-order valence-corrected chi connectivity index (χ4v) is 1.36. The highest BCUT2D eigenvalue weighted by atomic mass is 35.5. The highest BCUT2D eigenvalue weighted by Crippen LogP contribution is 2.22. The topological polar surface area (TPSA) is 40.5 Å². The Morgan fingerprint density at radius 1 is 1.55 bits per heavy atom. The molecule has 0 amide bonds. The zero-order valence-electron chi connectivity index (χ0n) is 6.29. The van der Waals surface area contributed by atoms with Gasteiger partial charge in [0.05, 0.1) is 0 Å². The minimum Gasteiger partial charge on any atom is -0.386 e. The summed E-state index contributed by atoms with van der Waals surface area (Å²) in [5.41, 5.74) is 0.782. The summed E-state index contributed by atoms with van der Waals surface area (Å²) >= 11 is 5.66. The smallest absolute Gasteiger partial charge is 0.105 e. The summed E-state index contributed by atoms with van der Waals surface area (Å²) in [6.07, 6.45) is 2.22. The maximum Gasteiger partial charge on any atom is 0.105 e. The molecule has 0 aromatic heterocycles. The number of aliphatic hydroxyl groups is 2. The quantitative estimate of drug-likeness (QED) is 0.627. The Labute approximate surface area is 70.8 Å². The Kier molecular flexibility index (Phi) is 2.71. The molecule has 0 aliphatic heterocycles. The van der Waals surface area contributed by atoms with Gasteiger partial charge in [0.1, 0.15) is 12.2 Å². The molecule has 1 aliphatic carbocycles. The van der Waals surface area contributed by atoms with Crippen molar-refractivity contribution in [3.8, 4) is 0 Å². The predicted octanol–water partition coefficient (Wildman–Crippen LogP) is 1.18. The van der Waals surface area contributed by atoms with E-state index in [-0.39, 0.29) is 0 Å². The fraction of sp³-hybridized carbons (Fsp3) is 0.500. The molecule has 0 spiro atoms. The maximum atomic E-state index is 9.33. The molecule has 2 N–H and O–H groups in total. The first-order chi connectivity index (χ1) is 5.15. The van der Waals surface area contributed by atoms with Crippen LogP contribution in [0, 0.1) is 0 Å². The van der Waals surface area contributed by atoms with Gasteiger partial charge in [0.2, 0.25) is 0 Å². The van der Waals surface area contributed by atoms with Crippen LogP contribution in [0.5, 0.6) is 0 Å². The zero-order chi connectivity index (χ0) is 8.43. The summed E-state index contributed by atoms with van der Waals surface area (Å²) in [5.74, 6) is 0. The second kappa shape index (κ2) is 3.39. The number of aliphatic hydroxyl groups excluding tert-OH is 2. The van der Waals surface area contributed by atoms with Gasteiger partial charge in [0.15, 0.2) is 0 Å². The van der Waals surface area contributed by atoms with Crippen LogP contribution in [-0.2, 0) is 0 Å². The first-order valence-electron chi connectivity index (χ1n) is 3.59. The van der Waals surface area contributed by atoms with Crippen molar-refractivity contribution in [2.45, 2.75) is 25.6 Å². The minimum absolute atomic E-state index is 0.500. The van der Waals surface area contributed by atoms with Crippen molar-refractivity contribution in [3.05, 3.63) is 22.8 Å². The van der Waals surface area contributed by atoms with Crippen molar-refractivity contribution in [1.29, 1.82) is 0 Å². The molecular weight excluding hydrogens is 164 g/mol. The van der Waals surface area contributed by atoms with Crippen molar-refractivity contribution < 1.29 is 10.2 Å². The van der Waals surface area contributed by atoms with E-state index < -0.39 is 12.2 Å². The van der Waals surface area contributed by atoms with E-state index in [1.807, 2.05) is 6.92 Å². The molecule has 0 radical (unpaired) electrons. The van der Waals surface area contributed by atoms with Crippen LogP contribution in [0.25, 0.3) is 0 Å². The molecule has 0 bridgehead atoms. The van der Waals surface area contributed by atoms with Gasteiger partial charge in [-0.3, -0.25) is 0 Å². The normalized spacial score (nSPS) is 31.3.